The molecule has 270 valence electrons. The van der Waals surface area contributed by atoms with Gasteiger partial charge in [0.25, 0.3) is 0 Å². The summed E-state index contributed by atoms with van der Waals surface area (Å²) in [7, 11) is -9.84. The molecule has 3 saturated heterocycles. The molecule has 3 heterocycles. The van der Waals surface area contributed by atoms with Crippen LogP contribution in [0.2, 0.25) is 0 Å². The summed E-state index contributed by atoms with van der Waals surface area (Å²) < 4.78 is 135. The molecule has 4 aromatic carbocycles. The van der Waals surface area contributed by atoms with E-state index in [1.807, 2.05) is 6.07 Å². The maximum absolute atomic E-state index is 17.0. The van der Waals surface area contributed by atoms with Gasteiger partial charge in [0.05, 0.1) is 7.05 Å². The second kappa shape index (κ2) is 14.4. The zero-order valence-corrected chi connectivity index (χ0v) is 27.8. The number of quaternary nitrogens is 2. The van der Waals surface area contributed by atoms with Crippen molar-refractivity contribution in [3.63, 3.8) is 0 Å². The topological polar surface area (TPSA) is 114 Å². The Labute approximate surface area is 284 Å². The number of alkyl halides is 6. The van der Waals surface area contributed by atoms with E-state index in [9.17, 15) is 26.3 Å². The lowest BCUT2D eigenvalue weighted by Gasteiger charge is -2.57. The summed E-state index contributed by atoms with van der Waals surface area (Å²) in [5, 5.41) is 0. The Hall–Kier alpha value is -3.87. The first-order valence-corrected chi connectivity index (χ1v) is 17.6. The highest BCUT2D eigenvalue weighted by atomic mass is 32.2. The van der Waals surface area contributed by atoms with E-state index in [4.69, 9.17) is 25.9 Å². The number of fused-ring (bicyclic) bond motifs is 3. The van der Waals surface area contributed by atoms with Crippen LogP contribution in [-0.2, 0) is 20.2 Å². The summed E-state index contributed by atoms with van der Waals surface area (Å²) in [6, 6.07) is 38.0. The van der Waals surface area contributed by atoms with E-state index < -0.39 is 31.3 Å². The monoisotopic (exact) mass is 748 g/mol. The highest BCUT2D eigenvalue weighted by molar-refractivity contribution is 7.86. The standard InChI is InChI=1S/C31H31FN2.2CHF3O3S/c1-33-20-22-34(32,23-21-33)31(29-19-11-9-17-27(29)25-14-6-3-7-15-25)30(33)28-18-10-8-16-26(28)24-12-4-2-5-13-24;2*2-1(3,4)8(5,6)7/h2-19,30-31H,20-23H2,1H3;2*(H,5,6,7)/q+2;;/p-2/t30-,31-,33?,34?;;/m0../s1. The quantitative estimate of drug-likeness (QED) is 0.0725. The Balaban J connectivity index is 0.000000294. The fourth-order valence-corrected chi connectivity index (χ4v) is 6.36. The fraction of sp³-hybridized carbons (Fsp3) is 0.273. The van der Waals surface area contributed by atoms with Crippen molar-refractivity contribution in [3.8, 4) is 22.3 Å². The van der Waals surface area contributed by atoms with Gasteiger partial charge in [0.1, 0.15) is 13.1 Å². The third kappa shape index (κ3) is 8.52. The van der Waals surface area contributed by atoms with Gasteiger partial charge < -0.3 is 13.6 Å². The van der Waals surface area contributed by atoms with E-state index in [1.165, 1.54) is 16.7 Å². The second-order valence-electron chi connectivity index (χ2n) is 11.9. The molecule has 0 amide bonds. The van der Waals surface area contributed by atoms with Crippen molar-refractivity contribution >= 4 is 20.2 Å². The van der Waals surface area contributed by atoms with Gasteiger partial charge in [-0.05, 0) is 26.7 Å². The van der Waals surface area contributed by atoms with E-state index in [0.29, 0.717) is 13.1 Å². The van der Waals surface area contributed by atoms with E-state index in [1.54, 1.807) is 0 Å². The Morgan fingerprint density at radius 1 is 0.540 bits per heavy atom. The lowest BCUT2D eigenvalue weighted by Crippen LogP contribution is -2.72. The minimum Gasteiger partial charge on any atom is -0.741 e. The van der Waals surface area contributed by atoms with Gasteiger partial charge in [0.15, 0.2) is 39.4 Å². The Bertz CT molecular complexity index is 1840. The third-order valence-electron chi connectivity index (χ3n) is 8.73. The summed E-state index contributed by atoms with van der Waals surface area (Å²) >= 11 is 0. The normalized spacial score (nSPS) is 23.6. The number of rotatable bonds is 4. The van der Waals surface area contributed by atoms with Crippen molar-refractivity contribution in [1.82, 2.24) is 0 Å². The molecular weight excluding hydrogens is 717 g/mol. The molecule has 3 aliphatic rings. The molecule has 50 heavy (non-hydrogen) atoms. The fourth-order valence-electron chi connectivity index (χ4n) is 6.36. The van der Waals surface area contributed by atoms with Gasteiger partial charge in [-0.2, -0.15) is 26.3 Å². The van der Waals surface area contributed by atoms with Crippen molar-refractivity contribution in [3.05, 3.63) is 120 Å². The van der Waals surface area contributed by atoms with Gasteiger partial charge in [-0.25, -0.2) is 16.8 Å². The van der Waals surface area contributed by atoms with Crippen LogP contribution in [0.3, 0.4) is 0 Å². The molecule has 0 saturated carbocycles. The average Bonchev–Trinajstić information content (AvgIpc) is 3.05. The number of benzene rings is 4. The van der Waals surface area contributed by atoms with Crippen molar-refractivity contribution in [2.75, 3.05) is 33.2 Å². The maximum Gasteiger partial charge on any atom is 0.485 e. The number of hydrogen-bond donors (Lipinski definition) is 0. The minimum absolute atomic E-state index is 0.0359. The minimum atomic E-state index is -6.09. The van der Waals surface area contributed by atoms with Crippen LogP contribution in [0.15, 0.2) is 109 Å². The summed E-state index contributed by atoms with van der Waals surface area (Å²) in [6.07, 6.45) is 0. The average molecular weight is 749 g/mol. The molecule has 7 rings (SSSR count). The van der Waals surface area contributed by atoms with Gasteiger partial charge in [0.2, 0.25) is 6.04 Å². The lowest BCUT2D eigenvalue weighted by atomic mass is 9.79. The van der Waals surface area contributed by atoms with E-state index >= 15 is 4.48 Å². The van der Waals surface area contributed by atoms with Gasteiger partial charge >= 0.3 is 11.0 Å². The zero-order valence-electron chi connectivity index (χ0n) is 26.2. The molecule has 3 fully saturated rings. The van der Waals surface area contributed by atoms with Crippen LogP contribution in [0.1, 0.15) is 23.2 Å². The smallest absolute Gasteiger partial charge is 0.485 e. The summed E-state index contributed by atoms with van der Waals surface area (Å²) in [6.45, 7) is 2.84. The predicted molar refractivity (Wildman–Crippen MR) is 168 cm³/mol. The van der Waals surface area contributed by atoms with E-state index in [0.717, 1.165) is 34.3 Å². The Morgan fingerprint density at radius 3 is 1.18 bits per heavy atom. The molecule has 2 atom stereocenters. The van der Waals surface area contributed by atoms with Crippen LogP contribution in [0, 0.1) is 0 Å². The summed E-state index contributed by atoms with van der Waals surface area (Å²) in [4.78, 5) is 0. The van der Waals surface area contributed by atoms with E-state index in [-0.39, 0.29) is 16.8 Å². The number of halogens is 7. The van der Waals surface area contributed by atoms with Gasteiger partial charge in [-0.3, -0.25) is 0 Å². The number of hydrogen-bond acceptors (Lipinski definition) is 6. The first-order valence-electron chi connectivity index (χ1n) is 14.8. The van der Waals surface area contributed by atoms with Crippen LogP contribution in [0.5, 0.6) is 0 Å². The zero-order chi connectivity index (χ0) is 37.2. The summed E-state index contributed by atoms with van der Waals surface area (Å²) in [5.41, 5.74) is -4.21. The van der Waals surface area contributed by atoms with Crippen molar-refractivity contribution in [1.29, 1.82) is 0 Å². The van der Waals surface area contributed by atoms with Crippen LogP contribution in [0.4, 0.5) is 30.8 Å². The molecule has 0 aromatic heterocycles. The third-order valence-corrected chi connectivity index (χ3v) is 9.86. The van der Waals surface area contributed by atoms with Crippen LogP contribution in [-0.4, -0.2) is 79.4 Å². The van der Waals surface area contributed by atoms with Crippen molar-refractivity contribution in [2.24, 2.45) is 0 Å². The molecule has 2 bridgehead atoms. The van der Waals surface area contributed by atoms with Gasteiger partial charge in [-0.1, -0.05) is 109 Å². The predicted octanol–water partition coefficient (Wildman–Crippen LogP) is 7.08. The van der Waals surface area contributed by atoms with Crippen LogP contribution in [0.25, 0.3) is 22.3 Å². The van der Waals surface area contributed by atoms with Crippen molar-refractivity contribution in [2.45, 2.75) is 23.1 Å². The Kier molecular flexibility index (Phi) is 11.2. The molecule has 0 radical (unpaired) electrons. The van der Waals surface area contributed by atoms with Crippen LogP contribution < -0.4 is 0 Å². The highest BCUT2D eigenvalue weighted by Crippen LogP contribution is 2.55. The number of piperazine rings is 3. The van der Waals surface area contributed by atoms with E-state index in [2.05, 4.69) is 110 Å². The SMILES string of the molecule is C[N+]12CC[N+](F)(CC1)[C@@H](c1ccccc1-c1ccccc1)[C@@H]2c1ccccc1-c1ccccc1.O=S(=O)([O-])C(F)(F)F.O=S(=O)([O-])C(F)(F)F. The number of nitrogens with zero attached hydrogens (tertiary/aromatic N) is 2. The molecule has 0 spiro atoms. The molecule has 3 aliphatic heterocycles. The summed E-state index contributed by atoms with van der Waals surface area (Å²) in [5.74, 6) is 0. The number of likely N-dealkylation sites (N-methyl/N-ethyl adjacent to an activating group) is 1. The molecule has 17 heteroatoms. The first kappa shape index (κ1) is 38.9. The Morgan fingerprint density at radius 2 is 0.840 bits per heavy atom. The molecule has 0 N–H and O–H groups in total. The highest BCUT2D eigenvalue weighted by Gasteiger charge is 2.64. The lowest BCUT2D eigenvalue weighted by molar-refractivity contribution is -1.18. The largest absolute Gasteiger partial charge is 0.741 e. The molecule has 8 nitrogen and oxygen atoms in total. The molecule has 0 aliphatic carbocycles. The molecule has 0 unspecified atom stereocenters. The van der Waals surface area contributed by atoms with Crippen LogP contribution >= 0.6 is 0 Å². The first-order chi connectivity index (χ1) is 23.1. The van der Waals surface area contributed by atoms with Gasteiger partial charge in [-0.15, -0.1) is 4.71 Å². The molecular formula is C33H31F7N2O6S2. The molecule has 4 aromatic rings. The maximum atomic E-state index is 17.0. The second-order valence-corrected chi connectivity index (χ2v) is 14.6. The van der Waals surface area contributed by atoms with Crippen molar-refractivity contribution < 1.29 is 66.0 Å². The van der Waals surface area contributed by atoms with Gasteiger partial charge in [0, 0.05) is 11.1 Å².